The van der Waals surface area contributed by atoms with Crippen molar-refractivity contribution in [2.75, 3.05) is 40.6 Å². The molecule has 4 N–H and O–H groups in total. The van der Waals surface area contributed by atoms with Crippen LogP contribution in [0, 0.1) is 0 Å². The number of nitrogens with one attached hydrogen (secondary N) is 1. The third-order valence-electron chi connectivity index (χ3n) is 4.27. The van der Waals surface area contributed by atoms with Crippen LogP contribution in [0.4, 0.5) is 22.2 Å². The molecule has 15 nitrogen and oxygen atoms in total. The minimum absolute atomic E-state index is 0.0287. The van der Waals surface area contributed by atoms with Crippen LogP contribution in [0.3, 0.4) is 0 Å². The second-order valence-electron chi connectivity index (χ2n) is 7.38. The zero-order valence-electron chi connectivity index (χ0n) is 19.3. The van der Waals surface area contributed by atoms with Crippen molar-refractivity contribution in [3.63, 3.8) is 0 Å². The minimum Gasteiger partial charge on any atom is -0.481 e. The van der Waals surface area contributed by atoms with E-state index in [1.807, 2.05) is 0 Å². The molecule has 0 aliphatic rings. The van der Waals surface area contributed by atoms with Crippen molar-refractivity contribution >= 4 is 77.4 Å². The van der Waals surface area contributed by atoms with Crippen molar-refractivity contribution in [1.82, 2.24) is 10.2 Å². The van der Waals surface area contributed by atoms with E-state index in [2.05, 4.69) is 25.7 Å². The zero-order valence-corrected chi connectivity index (χ0v) is 22.6. The van der Waals surface area contributed by atoms with Crippen LogP contribution in [0.5, 0.6) is 0 Å². The summed E-state index contributed by atoms with van der Waals surface area (Å²) in [6, 6.07) is 4.64. The standard InChI is InChI=1S/C18H24N6O9S4/c1-12(25)19-15-10-13(24(6-2-8-36(28,29)30)7-3-9-37(31,32)33)4-5-14(15)20-21-17-22-23-18(35-17)34-11-16(26)27/h4-5,10H,2-3,6-9,11H2,1H3,(H,19,25)(H,26,27)(H,28,29,30)(H,31,32,33)/b21-20+. The first-order valence-corrected chi connectivity index (χ1v) is 15.4. The lowest BCUT2D eigenvalue weighted by Gasteiger charge is -2.25. The Kier molecular flexibility index (Phi) is 11.3. The molecular weight excluding hydrogens is 572 g/mol. The average molecular weight is 597 g/mol. The van der Waals surface area contributed by atoms with E-state index in [4.69, 9.17) is 14.2 Å². The highest BCUT2D eigenvalue weighted by Gasteiger charge is 2.15. The van der Waals surface area contributed by atoms with E-state index in [1.165, 1.54) is 19.1 Å². The molecule has 0 saturated heterocycles. The molecule has 37 heavy (non-hydrogen) atoms. The topological polar surface area (TPSA) is 229 Å². The van der Waals surface area contributed by atoms with Gasteiger partial charge < -0.3 is 15.3 Å². The van der Waals surface area contributed by atoms with E-state index in [1.54, 1.807) is 11.0 Å². The molecule has 0 saturated carbocycles. The first-order chi connectivity index (χ1) is 17.2. The number of carboxylic acid groups (broad SMARTS) is 1. The monoisotopic (exact) mass is 596 g/mol. The summed E-state index contributed by atoms with van der Waals surface area (Å²) in [6.07, 6.45) is 0.0574. The van der Waals surface area contributed by atoms with Gasteiger partial charge in [0.25, 0.3) is 25.4 Å². The van der Waals surface area contributed by atoms with Crippen molar-refractivity contribution in [3.8, 4) is 0 Å². The number of hydrogen-bond acceptors (Lipinski definition) is 13. The van der Waals surface area contributed by atoms with Crippen molar-refractivity contribution in [2.24, 2.45) is 10.2 Å². The first kappa shape index (κ1) is 30.5. The lowest BCUT2D eigenvalue weighted by molar-refractivity contribution is -0.133. The molecule has 1 amide bonds. The van der Waals surface area contributed by atoms with Crippen molar-refractivity contribution in [2.45, 2.75) is 24.1 Å². The summed E-state index contributed by atoms with van der Waals surface area (Å²) in [6.45, 7) is 1.51. The highest BCUT2D eigenvalue weighted by Crippen LogP contribution is 2.33. The van der Waals surface area contributed by atoms with Gasteiger partial charge in [0.1, 0.15) is 5.69 Å². The quantitative estimate of drug-likeness (QED) is 0.132. The first-order valence-electron chi connectivity index (χ1n) is 10.4. The van der Waals surface area contributed by atoms with Crippen LogP contribution in [-0.2, 0) is 29.8 Å². The predicted octanol–water partition coefficient (Wildman–Crippen LogP) is 2.45. The van der Waals surface area contributed by atoms with Crippen LogP contribution in [0.2, 0.25) is 0 Å². The highest BCUT2D eigenvalue weighted by molar-refractivity contribution is 8.01. The number of aliphatic carboxylic acids is 1. The fourth-order valence-electron chi connectivity index (χ4n) is 2.86. The van der Waals surface area contributed by atoms with Crippen molar-refractivity contribution in [3.05, 3.63) is 18.2 Å². The Morgan fingerprint density at radius 3 is 2.22 bits per heavy atom. The van der Waals surface area contributed by atoms with Gasteiger partial charge in [-0.2, -0.15) is 16.8 Å². The Morgan fingerprint density at radius 2 is 1.68 bits per heavy atom. The van der Waals surface area contributed by atoms with Gasteiger partial charge in [-0.25, -0.2) is 0 Å². The number of amides is 1. The molecule has 2 aromatic rings. The number of benzene rings is 1. The maximum Gasteiger partial charge on any atom is 0.313 e. The van der Waals surface area contributed by atoms with E-state index in [9.17, 15) is 26.4 Å². The summed E-state index contributed by atoms with van der Waals surface area (Å²) in [5.74, 6) is -2.64. The van der Waals surface area contributed by atoms with Gasteiger partial charge >= 0.3 is 5.97 Å². The number of carbonyl (C=O) groups excluding carboxylic acids is 1. The van der Waals surface area contributed by atoms with E-state index >= 15 is 0 Å². The predicted molar refractivity (Wildman–Crippen MR) is 137 cm³/mol. The van der Waals surface area contributed by atoms with Crippen LogP contribution in [0.1, 0.15) is 19.8 Å². The molecule has 0 bridgehead atoms. The Labute approximate surface area is 220 Å². The largest absolute Gasteiger partial charge is 0.481 e. The average Bonchev–Trinajstić information content (AvgIpc) is 3.21. The summed E-state index contributed by atoms with van der Waals surface area (Å²) < 4.78 is 62.8. The smallest absolute Gasteiger partial charge is 0.313 e. The molecular formula is C18H24N6O9S4. The lowest BCUT2D eigenvalue weighted by atomic mass is 10.2. The molecule has 204 valence electrons. The molecule has 0 aliphatic heterocycles. The van der Waals surface area contributed by atoms with Gasteiger partial charge in [-0.05, 0) is 31.0 Å². The highest BCUT2D eigenvalue weighted by atomic mass is 32.2. The Morgan fingerprint density at radius 1 is 1.05 bits per heavy atom. The molecule has 0 fully saturated rings. The summed E-state index contributed by atoms with van der Waals surface area (Å²) in [7, 11) is -8.41. The van der Waals surface area contributed by atoms with Gasteiger partial charge in [0.05, 0.1) is 22.9 Å². The maximum atomic E-state index is 11.8. The van der Waals surface area contributed by atoms with Crippen LogP contribution in [-0.4, -0.2) is 83.5 Å². The van der Waals surface area contributed by atoms with Gasteiger partial charge in [-0.15, -0.1) is 20.4 Å². The maximum absolute atomic E-state index is 11.8. The van der Waals surface area contributed by atoms with Gasteiger partial charge in [0.15, 0.2) is 4.34 Å². The number of nitrogens with zero attached hydrogens (tertiary/aromatic N) is 5. The summed E-state index contributed by atoms with van der Waals surface area (Å²) >= 11 is 2.00. The molecule has 19 heteroatoms. The number of azo groups is 1. The molecule has 0 atom stereocenters. The van der Waals surface area contributed by atoms with Crippen molar-refractivity contribution in [1.29, 1.82) is 0 Å². The molecule has 0 spiro atoms. The molecule has 0 radical (unpaired) electrons. The number of rotatable bonds is 15. The summed E-state index contributed by atoms with van der Waals surface area (Å²) in [5.41, 5.74) is 0.967. The number of carboxylic acids is 1. The van der Waals surface area contributed by atoms with Crippen LogP contribution in [0.15, 0.2) is 32.8 Å². The number of carbonyl (C=O) groups is 2. The third kappa shape index (κ3) is 12.4. The van der Waals surface area contributed by atoms with Gasteiger partial charge in [-0.3, -0.25) is 18.7 Å². The molecule has 0 aliphatic carbocycles. The van der Waals surface area contributed by atoms with Crippen LogP contribution >= 0.6 is 23.1 Å². The molecule has 1 heterocycles. The molecule has 2 rings (SSSR count). The summed E-state index contributed by atoms with van der Waals surface area (Å²) in [4.78, 5) is 24.1. The fraction of sp³-hybridized carbons (Fsp3) is 0.444. The van der Waals surface area contributed by atoms with Gasteiger partial charge in [-0.1, -0.05) is 23.1 Å². The van der Waals surface area contributed by atoms with E-state index < -0.39 is 43.6 Å². The van der Waals surface area contributed by atoms with Crippen LogP contribution in [0.25, 0.3) is 0 Å². The van der Waals surface area contributed by atoms with Gasteiger partial charge in [0, 0.05) is 25.7 Å². The van der Waals surface area contributed by atoms with Crippen LogP contribution < -0.4 is 10.2 Å². The number of thioether (sulfide) groups is 1. The zero-order chi connectivity index (χ0) is 27.6. The van der Waals surface area contributed by atoms with E-state index in [0.29, 0.717) is 10.0 Å². The Hall–Kier alpha value is -2.71. The van der Waals surface area contributed by atoms with Gasteiger partial charge in [0.2, 0.25) is 5.91 Å². The molecule has 0 unspecified atom stereocenters. The Balaban J connectivity index is 2.27. The second-order valence-corrected chi connectivity index (χ2v) is 12.7. The fourth-order valence-corrected chi connectivity index (χ4v) is 5.24. The summed E-state index contributed by atoms with van der Waals surface area (Å²) in [5, 5.41) is 27.2. The number of anilines is 2. The second kappa shape index (κ2) is 13.7. The normalized spacial score (nSPS) is 12.1. The molecule has 1 aromatic heterocycles. The van der Waals surface area contributed by atoms with E-state index in [-0.39, 0.29) is 48.2 Å². The Bertz CT molecular complexity index is 1310. The number of aromatic nitrogens is 2. The minimum atomic E-state index is -4.20. The van der Waals surface area contributed by atoms with E-state index in [0.717, 1.165) is 23.1 Å². The number of hydrogen-bond donors (Lipinski definition) is 4. The molecule has 1 aromatic carbocycles. The third-order valence-corrected chi connectivity index (χ3v) is 7.81. The SMILES string of the molecule is CC(=O)Nc1cc(N(CCCS(=O)(=O)O)CCCS(=O)(=O)O)ccc1/N=N/c1nnc(SCC(=O)O)s1. The van der Waals surface area contributed by atoms with Crippen molar-refractivity contribution < 1.29 is 40.6 Å². The lowest BCUT2D eigenvalue weighted by Crippen LogP contribution is -2.28.